The predicted molar refractivity (Wildman–Crippen MR) is 67.3 cm³/mol. The van der Waals surface area contributed by atoms with E-state index in [4.69, 9.17) is 11.6 Å². The summed E-state index contributed by atoms with van der Waals surface area (Å²) in [5.74, 6) is 0. The van der Waals surface area contributed by atoms with E-state index in [-0.39, 0.29) is 16.6 Å². The molecular weight excluding hydrogens is 256 g/mol. The Balaban J connectivity index is 2.39. The lowest BCUT2D eigenvalue weighted by molar-refractivity contribution is 0.831. The average Bonchev–Trinajstić information content (AvgIpc) is 2.70. The molecular formula is C11H7ClN4O2. The zero-order valence-electron chi connectivity index (χ0n) is 8.98. The van der Waals surface area contributed by atoms with Gasteiger partial charge in [-0.1, -0.05) is 23.7 Å². The van der Waals surface area contributed by atoms with Gasteiger partial charge in [-0.05, 0) is 12.1 Å². The number of nitrogens with zero attached hydrogens (tertiary/aromatic N) is 2. The minimum Gasteiger partial charge on any atom is -0.296 e. The highest BCUT2D eigenvalue weighted by Gasteiger charge is 2.10. The summed E-state index contributed by atoms with van der Waals surface area (Å²) in [4.78, 5) is 23.4. The number of para-hydroxylation sites is 1. The highest BCUT2D eigenvalue weighted by molar-refractivity contribution is 6.32. The van der Waals surface area contributed by atoms with Crippen molar-refractivity contribution in [3.8, 4) is 5.69 Å². The van der Waals surface area contributed by atoms with Crippen LogP contribution in [0.2, 0.25) is 5.02 Å². The van der Waals surface area contributed by atoms with Gasteiger partial charge >= 0.3 is 0 Å². The first-order valence-corrected chi connectivity index (χ1v) is 5.50. The summed E-state index contributed by atoms with van der Waals surface area (Å²) in [6.45, 7) is 0. The van der Waals surface area contributed by atoms with Gasteiger partial charge in [-0.25, -0.2) is 0 Å². The fourth-order valence-electron chi connectivity index (χ4n) is 1.70. The first kappa shape index (κ1) is 10.8. The van der Waals surface area contributed by atoms with Crippen LogP contribution in [0.25, 0.3) is 16.7 Å². The lowest BCUT2D eigenvalue weighted by Gasteiger charge is -2.05. The Bertz CT molecular complexity index is 846. The summed E-state index contributed by atoms with van der Waals surface area (Å²) in [5, 5.41) is 9.34. The molecule has 0 atom stereocenters. The van der Waals surface area contributed by atoms with Crippen molar-refractivity contribution in [1.29, 1.82) is 0 Å². The molecule has 6 nitrogen and oxygen atoms in total. The van der Waals surface area contributed by atoms with E-state index in [1.54, 1.807) is 24.3 Å². The Morgan fingerprint density at radius 3 is 2.72 bits per heavy atom. The second kappa shape index (κ2) is 3.85. The molecule has 0 bridgehead atoms. The molecule has 3 aromatic rings. The summed E-state index contributed by atoms with van der Waals surface area (Å²) in [7, 11) is 0. The standard InChI is InChI=1S/C11H7ClN4O2/c12-6-3-1-2-4-8(6)16-9(17)5-7-10(15-16)11(18)14-13-7/h1-5,13H,(H,14,18). The number of benzene rings is 1. The van der Waals surface area contributed by atoms with Crippen LogP contribution in [0.15, 0.2) is 39.9 Å². The molecule has 1 aromatic carbocycles. The van der Waals surface area contributed by atoms with E-state index in [1.807, 2.05) is 0 Å². The molecule has 7 heteroatoms. The zero-order chi connectivity index (χ0) is 12.7. The Morgan fingerprint density at radius 2 is 1.94 bits per heavy atom. The molecule has 90 valence electrons. The van der Waals surface area contributed by atoms with E-state index >= 15 is 0 Å². The van der Waals surface area contributed by atoms with Gasteiger partial charge in [-0.3, -0.25) is 19.8 Å². The van der Waals surface area contributed by atoms with E-state index in [1.165, 1.54) is 6.07 Å². The van der Waals surface area contributed by atoms with Gasteiger partial charge in [0.05, 0.1) is 16.2 Å². The summed E-state index contributed by atoms with van der Waals surface area (Å²) >= 11 is 6.00. The predicted octanol–water partition coefficient (Wildman–Crippen LogP) is 1.06. The van der Waals surface area contributed by atoms with Crippen molar-refractivity contribution in [2.24, 2.45) is 0 Å². The molecule has 3 rings (SSSR count). The Morgan fingerprint density at radius 1 is 1.17 bits per heavy atom. The molecule has 0 aliphatic rings. The van der Waals surface area contributed by atoms with Gasteiger partial charge in [-0.2, -0.15) is 9.78 Å². The van der Waals surface area contributed by atoms with Gasteiger partial charge in [0.15, 0.2) is 5.52 Å². The molecule has 0 amide bonds. The number of halogens is 1. The third kappa shape index (κ3) is 1.54. The van der Waals surface area contributed by atoms with Crippen LogP contribution in [0.1, 0.15) is 0 Å². The van der Waals surface area contributed by atoms with Gasteiger partial charge in [0, 0.05) is 6.07 Å². The van der Waals surface area contributed by atoms with Gasteiger partial charge in [-0.15, -0.1) is 0 Å². The Kier molecular flexibility index (Phi) is 2.31. The molecule has 0 unspecified atom stereocenters. The fourth-order valence-corrected chi connectivity index (χ4v) is 1.91. The van der Waals surface area contributed by atoms with Crippen LogP contribution in [-0.4, -0.2) is 20.0 Å². The van der Waals surface area contributed by atoms with Crippen LogP contribution in [-0.2, 0) is 0 Å². The lowest BCUT2D eigenvalue weighted by Crippen LogP contribution is -2.21. The van der Waals surface area contributed by atoms with Crippen molar-refractivity contribution >= 4 is 22.6 Å². The summed E-state index contributed by atoms with van der Waals surface area (Å²) in [6, 6.07) is 8.09. The molecule has 0 aliphatic heterocycles. The molecule has 0 fully saturated rings. The van der Waals surface area contributed by atoms with Crippen LogP contribution >= 0.6 is 11.6 Å². The topological polar surface area (TPSA) is 83.5 Å². The quantitative estimate of drug-likeness (QED) is 0.688. The molecule has 2 aromatic heterocycles. The highest BCUT2D eigenvalue weighted by atomic mass is 35.5. The smallest absolute Gasteiger partial charge is 0.292 e. The number of aromatic amines is 2. The molecule has 0 saturated heterocycles. The molecule has 0 saturated carbocycles. The number of H-pyrrole nitrogens is 2. The molecule has 2 heterocycles. The van der Waals surface area contributed by atoms with Crippen LogP contribution in [0.5, 0.6) is 0 Å². The molecule has 0 spiro atoms. The van der Waals surface area contributed by atoms with Crippen molar-refractivity contribution in [2.75, 3.05) is 0 Å². The average molecular weight is 263 g/mol. The SMILES string of the molecule is O=c1[nH][nH]c2cc(=O)n(-c3ccccc3Cl)nc12. The van der Waals surface area contributed by atoms with E-state index in [9.17, 15) is 9.59 Å². The Hall–Kier alpha value is -2.34. The maximum absolute atomic E-state index is 11.9. The second-order valence-corrected chi connectivity index (χ2v) is 4.09. The third-order valence-electron chi connectivity index (χ3n) is 2.54. The number of fused-ring (bicyclic) bond motifs is 1. The fraction of sp³-hybridized carbons (Fsp3) is 0. The summed E-state index contributed by atoms with van der Waals surface area (Å²) < 4.78 is 1.10. The van der Waals surface area contributed by atoms with Crippen LogP contribution in [0, 0.1) is 0 Å². The van der Waals surface area contributed by atoms with Crippen LogP contribution in [0.3, 0.4) is 0 Å². The van der Waals surface area contributed by atoms with Gasteiger partial charge in [0.1, 0.15) is 0 Å². The van der Waals surface area contributed by atoms with Crippen molar-refractivity contribution in [1.82, 2.24) is 20.0 Å². The molecule has 0 aliphatic carbocycles. The maximum Gasteiger partial charge on any atom is 0.292 e. The number of hydrogen-bond acceptors (Lipinski definition) is 3. The van der Waals surface area contributed by atoms with Gasteiger partial charge in [0.2, 0.25) is 0 Å². The second-order valence-electron chi connectivity index (χ2n) is 3.69. The first-order valence-electron chi connectivity index (χ1n) is 5.12. The van der Waals surface area contributed by atoms with Crippen molar-refractivity contribution in [2.45, 2.75) is 0 Å². The Labute approximate surface area is 105 Å². The number of nitrogens with one attached hydrogen (secondary N) is 2. The van der Waals surface area contributed by atoms with Gasteiger partial charge < -0.3 is 0 Å². The minimum atomic E-state index is -0.384. The zero-order valence-corrected chi connectivity index (χ0v) is 9.73. The van der Waals surface area contributed by atoms with Crippen molar-refractivity contribution in [3.05, 3.63) is 56.1 Å². The summed E-state index contributed by atoms with van der Waals surface area (Å²) in [6.07, 6.45) is 0. The van der Waals surface area contributed by atoms with Crippen LogP contribution < -0.4 is 11.1 Å². The number of rotatable bonds is 1. The lowest BCUT2D eigenvalue weighted by atomic mass is 10.3. The molecule has 2 N–H and O–H groups in total. The van der Waals surface area contributed by atoms with Crippen molar-refractivity contribution < 1.29 is 0 Å². The third-order valence-corrected chi connectivity index (χ3v) is 2.86. The van der Waals surface area contributed by atoms with Gasteiger partial charge in [0.25, 0.3) is 11.1 Å². The van der Waals surface area contributed by atoms with Crippen LogP contribution in [0.4, 0.5) is 0 Å². The van der Waals surface area contributed by atoms with E-state index in [0.717, 1.165) is 4.68 Å². The normalized spacial score (nSPS) is 10.9. The highest BCUT2D eigenvalue weighted by Crippen LogP contribution is 2.17. The first-order chi connectivity index (χ1) is 8.66. The minimum absolute atomic E-state index is 0.162. The van der Waals surface area contributed by atoms with E-state index in [2.05, 4.69) is 15.3 Å². The maximum atomic E-state index is 11.9. The molecule has 18 heavy (non-hydrogen) atoms. The monoisotopic (exact) mass is 262 g/mol. The number of hydrogen-bond donors (Lipinski definition) is 2. The largest absolute Gasteiger partial charge is 0.296 e. The van der Waals surface area contributed by atoms with E-state index < -0.39 is 0 Å². The summed E-state index contributed by atoms with van der Waals surface area (Å²) in [5.41, 5.74) is 0.214. The number of aromatic nitrogens is 4. The van der Waals surface area contributed by atoms with Crippen molar-refractivity contribution in [3.63, 3.8) is 0 Å². The molecule has 0 radical (unpaired) electrons. The van der Waals surface area contributed by atoms with E-state index in [0.29, 0.717) is 16.2 Å².